The van der Waals surface area contributed by atoms with Gasteiger partial charge in [0.15, 0.2) is 0 Å². The van der Waals surface area contributed by atoms with E-state index in [0.717, 1.165) is 25.6 Å². The van der Waals surface area contributed by atoms with Crippen molar-refractivity contribution in [1.29, 1.82) is 0 Å². The minimum Gasteiger partial charge on any atom is -0.481 e. The lowest BCUT2D eigenvalue weighted by Gasteiger charge is -2.31. The van der Waals surface area contributed by atoms with Gasteiger partial charge in [-0.2, -0.15) is 0 Å². The van der Waals surface area contributed by atoms with E-state index < -0.39 is 5.97 Å². The maximum atomic E-state index is 10.6. The van der Waals surface area contributed by atoms with Crippen molar-refractivity contribution in [2.75, 3.05) is 26.2 Å². The summed E-state index contributed by atoms with van der Waals surface area (Å²) >= 11 is 0. The molecule has 0 bridgehead atoms. The summed E-state index contributed by atoms with van der Waals surface area (Å²) in [5.74, 6) is 0.763. The van der Waals surface area contributed by atoms with E-state index in [-0.39, 0.29) is 6.42 Å². The number of aliphatic carboxylic acids is 1. The molecule has 2 N–H and O–H groups in total. The molecule has 4 heteroatoms. The average molecular weight is 302 g/mol. The topological polar surface area (TPSA) is 52.6 Å². The van der Waals surface area contributed by atoms with Crippen LogP contribution in [0.2, 0.25) is 0 Å². The molecule has 1 aromatic rings. The number of carboxylic acid groups (broad SMARTS) is 1. The van der Waals surface area contributed by atoms with Crippen LogP contribution in [0.3, 0.4) is 0 Å². The number of nitrogens with one attached hydrogen (secondary N) is 1. The van der Waals surface area contributed by atoms with Crippen LogP contribution in [0, 0.1) is 5.92 Å². The van der Waals surface area contributed by atoms with Crippen LogP contribution in [0.5, 0.6) is 0 Å². The molecule has 1 aliphatic heterocycles. The summed E-state index contributed by atoms with van der Waals surface area (Å²) in [7, 11) is 0. The minimum absolute atomic E-state index is 0.268. The smallest absolute Gasteiger partial charge is 0.304 e. The van der Waals surface area contributed by atoms with E-state index in [4.69, 9.17) is 5.11 Å². The van der Waals surface area contributed by atoms with Crippen LogP contribution in [0.15, 0.2) is 30.3 Å². The van der Waals surface area contributed by atoms with Crippen LogP contribution in [0.4, 0.5) is 0 Å². The molecular formula is C18H26N2O2. The fraction of sp³-hybridized carbons (Fsp3) is 0.611. The highest BCUT2D eigenvalue weighted by Gasteiger charge is 2.38. The predicted molar refractivity (Wildman–Crippen MR) is 87.0 cm³/mol. The third-order valence-electron chi connectivity index (χ3n) is 5.04. The Morgan fingerprint density at radius 1 is 1.23 bits per heavy atom. The zero-order valence-corrected chi connectivity index (χ0v) is 13.1. The van der Waals surface area contributed by atoms with Gasteiger partial charge in [-0.3, -0.25) is 4.79 Å². The Morgan fingerprint density at radius 2 is 1.95 bits per heavy atom. The molecule has 2 atom stereocenters. The Balaban J connectivity index is 1.32. The van der Waals surface area contributed by atoms with Gasteiger partial charge in [0.1, 0.15) is 0 Å². The minimum atomic E-state index is -0.690. The molecule has 2 fully saturated rings. The Kier molecular flexibility index (Phi) is 5.11. The second-order valence-corrected chi connectivity index (χ2v) is 6.70. The Morgan fingerprint density at radius 3 is 2.64 bits per heavy atom. The maximum Gasteiger partial charge on any atom is 0.304 e. The lowest BCUT2D eigenvalue weighted by atomic mass is 9.96. The third kappa shape index (κ3) is 4.31. The van der Waals surface area contributed by atoms with Gasteiger partial charge in [0, 0.05) is 18.5 Å². The summed E-state index contributed by atoms with van der Waals surface area (Å²) in [6.45, 7) is 3.91. The summed E-state index contributed by atoms with van der Waals surface area (Å²) in [5.41, 5.74) is 1.46. The molecule has 1 aromatic carbocycles. The van der Waals surface area contributed by atoms with Crippen molar-refractivity contribution in [2.24, 2.45) is 5.92 Å². The third-order valence-corrected chi connectivity index (χ3v) is 5.04. The van der Waals surface area contributed by atoms with E-state index in [1.165, 1.54) is 24.8 Å². The second-order valence-electron chi connectivity index (χ2n) is 6.70. The van der Waals surface area contributed by atoms with Crippen LogP contribution in [-0.4, -0.2) is 48.2 Å². The lowest BCUT2D eigenvalue weighted by molar-refractivity contribution is -0.137. The molecule has 1 saturated carbocycles. The van der Waals surface area contributed by atoms with Crippen LogP contribution in [-0.2, 0) is 4.79 Å². The normalized spacial score (nSPS) is 26.0. The van der Waals surface area contributed by atoms with Gasteiger partial charge in [-0.25, -0.2) is 0 Å². The first-order valence-electron chi connectivity index (χ1n) is 8.45. The summed E-state index contributed by atoms with van der Waals surface area (Å²) in [5, 5.41) is 12.5. The molecule has 120 valence electrons. The van der Waals surface area contributed by atoms with Gasteiger partial charge in [-0.05, 0) is 50.4 Å². The maximum absolute atomic E-state index is 10.6. The number of piperidine rings is 1. The van der Waals surface area contributed by atoms with Crippen molar-refractivity contribution < 1.29 is 9.90 Å². The first-order valence-corrected chi connectivity index (χ1v) is 8.45. The standard InChI is InChI=1S/C18H26N2O2/c21-18(22)8-11-20-9-6-14(7-10-20)13-19-17-12-16(17)15-4-2-1-3-5-15/h1-5,14,16-17,19H,6-13H2,(H,21,22)/t16-,17+/m1/s1. The van der Waals surface area contributed by atoms with Crippen molar-refractivity contribution >= 4 is 5.97 Å². The monoisotopic (exact) mass is 302 g/mol. The van der Waals surface area contributed by atoms with Crippen molar-refractivity contribution in [1.82, 2.24) is 10.2 Å². The fourth-order valence-corrected chi connectivity index (χ4v) is 3.48. The quantitative estimate of drug-likeness (QED) is 0.811. The van der Waals surface area contributed by atoms with Crippen LogP contribution in [0.1, 0.15) is 37.2 Å². The molecule has 4 nitrogen and oxygen atoms in total. The molecule has 0 amide bonds. The van der Waals surface area contributed by atoms with Crippen molar-refractivity contribution in [3.05, 3.63) is 35.9 Å². The van der Waals surface area contributed by atoms with E-state index >= 15 is 0 Å². The van der Waals surface area contributed by atoms with Crippen LogP contribution < -0.4 is 5.32 Å². The van der Waals surface area contributed by atoms with Gasteiger partial charge in [0.05, 0.1) is 6.42 Å². The number of nitrogens with zero attached hydrogens (tertiary/aromatic N) is 1. The summed E-state index contributed by atoms with van der Waals surface area (Å²) in [4.78, 5) is 12.9. The number of hydrogen-bond acceptors (Lipinski definition) is 3. The molecule has 22 heavy (non-hydrogen) atoms. The average Bonchev–Trinajstić information content (AvgIpc) is 3.32. The largest absolute Gasteiger partial charge is 0.481 e. The van der Waals surface area contributed by atoms with Gasteiger partial charge in [0.25, 0.3) is 0 Å². The molecule has 0 unspecified atom stereocenters. The molecule has 0 radical (unpaired) electrons. The number of hydrogen-bond donors (Lipinski definition) is 2. The number of carboxylic acids is 1. The van der Waals surface area contributed by atoms with E-state index in [0.29, 0.717) is 18.5 Å². The SMILES string of the molecule is O=C(O)CCN1CCC(CN[C@H]2C[C@@H]2c2ccccc2)CC1. The first kappa shape index (κ1) is 15.5. The molecule has 1 saturated heterocycles. The van der Waals surface area contributed by atoms with Crippen molar-refractivity contribution in [3.63, 3.8) is 0 Å². The summed E-state index contributed by atoms with van der Waals surface area (Å²) in [6, 6.07) is 11.4. The molecule has 2 aliphatic rings. The lowest BCUT2D eigenvalue weighted by Crippen LogP contribution is -2.38. The van der Waals surface area contributed by atoms with E-state index in [1.54, 1.807) is 0 Å². The highest BCUT2D eigenvalue weighted by molar-refractivity contribution is 5.66. The van der Waals surface area contributed by atoms with Crippen LogP contribution in [0.25, 0.3) is 0 Å². The van der Waals surface area contributed by atoms with Gasteiger partial charge in [-0.1, -0.05) is 30.3 Å². The number of carbonyl (C=O) groups is 1. The second kappa shape index (κ2) is 7.25. The predicted octanol–water partition coefficient (Wildman–Crippen LogP) is 2.32. The first-order chi connectivity index (χ1) is 10.7. The molecule has 3 rings (SSSR count). The highest BCUT2D eigenvalue weighted by atomic mass is 16.4. The number of likely N-dealkylation sites (tertiary alicyclic amines) is 1. The Hall–Kier alpha value is -1.39. The summed E-state index contributed by atoms with van der Waals surface area (Å²) < 4.78 is 0. The van der Waals surface area contributed by atoms with Crippen LogP contribution >= 0.6 is 0 Å². The number of rotatable bonds is 7. The molecule has 1 heterocycles. The molecular weight excluding hydrogens is 276 g/mol. The van der Waals surface area contributed by atoms with Gasteiger partial charge in [0.2, 0.25) is 0 Å². The summed E-state index contributed by atoms with van der Waals surface area (Å²) in [6.07, 6.45) is 3.91. The molecule has 0 spiro atoms. The zero-order valence-electron chi connectivity index (χ0n) is 13.1. The van der Waals surface area contributed by atoms with Crippen molar-refractivity contribution in [2.45, 2.75) is 37.6 Å². The molecule has 1 aliphatic carbocycles. The van der Waals surface area contributed by atoms with Gasteiger partial charge < -0.3 is 15.3 Å². The number of benzene rings is 1. The van der Waals surface area contributed by atoms with E-state index in [2.05, 4.69) is 40.5 Å². The zero-order chi connectivity index (χ0) is 15.4. The van der Waals surface area contributed by atoms with Gasteiger partial charge >= 0.3 is 5.97 Å². The van der Waals surface area contributed by atoms with Crippen molar-refractivity contribution in [3.8, 4) is 0 Å². The molecule has 0 aromatic heterocycles. The fourth-order valence-electron chi connectivity index (χ4n) is 3.48. The van der Waals surface area contributed by atoms with E-state index in [1.807, 2.05) is 0 Å². The Labute approximate surface area is 132 Å². The van der Waals surface area contributed by atoms with E-state index in [9.17, 15) is 4.79 Å². The highest BCUT2D eigenvalue weighted by Crippen LogP contribution is 2.40. The van der Waals surface area contributed by atoms with Gasteiger partial charge in [-0.15, -0.1) is 0 Å². The Bertz CT molecular complexity index is 483.